The monoisotopic (exact) mass is 305 g/mol. The van der Waals surface area contributed by atoms with Gasteiger partial charge in [-0.2, -0.15) is 0 Å². The molecule has 0 saturated carbocycles. The summed E-state index contributed by atoms with van der Waals surface area (Å²) < 4.78 is 0. The van der Waals surface area contributed by atoms with Crippen LogP contribution in [0.2, 0.25) is 0 Å². The summed E-state index contributed by atoms with van der Waals surface area (Å²) in [4.78, 5) is 43.5. The largest absolute Gasteiger partial charge is 0.480 e. The van der Waals surface area contributed by atoms with Gasteiger partial charge < -0.3 is 15.7 Å². The van der Waals surface area contributed by atoms with E-state index in [0.717, 1.165) is 24.6 Å². The number of urea groups is 1. The van der Waals surface area contributed by atoms with Crippen LogP contribution in [0, 0.1) is 0 Å². The average Bonchev–Trinajstić information content (AvgIpc) is 2.37. The van der Waals surface area contributed by atoms with E-state index in [-0.39, 0.29) is 11.5 Å². The van der Waals surface area contributed by atoms with Crippen molar-refractivity contribution in [1.29, 1.82) is 0 Å². The van der Waals surface area contributed by atoms with Gasteiger partial charge in [-0.1, -0.05) is 13.3 Å². The highest BCUT2D eigenvalue weighted by Crippen LogP contribution is 2.02. The molecule has 114 valence electrons. The summed E-state index contributed by atoms with van der Waals surface area (Å²) >= 11 is 1.01. The van der Waals surface area contributed by atoms with Crippen LogP contribution in [0.15, 0.2) is 0 Å². The molecule has 0 radical (unpaired) electrons. The predicted octanol–water partition coefficient (Wildman–Crippen LogP) is -0.455. The normalized spacial score (nSPS) is 11.2. The average molecular weight is 305 g/mol. The molecule has 4 N–H and O–H groups in total. The predicted molar refractivity (Wildman–Crippen MR) is 74.4 cm³/mol. The third kappa shape index (κ3) is 9.20. The van der Waals surface area contributed by atoms with Crippen molar-refractivity contribution in [3.05, 3.63) is 0 Å². The molecular weight excluding hydrogens is 286 g/mol. The second kappa shape index (κ2) is 11.1. The summed E-state index contributed by atoms with van der Waals surface area (Å²) in [5.74, 6) is -1.72. The molecule has 0 fully saturated rings. The van der Waals surface area contributed by atoms with Gasteiger partial charge in [-0.25, -0.2) is 9.59 Å². The maximum absolute atomic E-state index is 11.4. The third-order valence-electron chi connectivity index (χ3n) is 2.15. The van der Waals surface area contributed by atoms with E-state index in [9.17, 15) is 19.2 Å². The molecule has 0 aromatic carbocycles. The van der Waals surface area contributed by atoms with Gasteiger partial charge in [0.2, 0.25) is 12.3 Å². The number of imide groups is 1. The van der Waals surface area contributed by atoms with Gasteiger partial charge in [0.25, 0.3) is 0 Å². The Kier molecular flexibility index (Phi) is 10.1. The fourth-order valence-corrected chi connectivity index (χ4v) is 1.98. The fraction of sp³-hybridized carbons (Fsp3) is 0.636. The Bertz CT molecular complexity index is 351. The van der Waals surface area contributed by atoms with Gasteiger partial charge in [-0.05, 0) is 6.42 Å². The summed E-state index contributed by atoms with van der Waals surface area (Å²) in [6.45, 7) is 2.47. The Morgan fingerprint density at radius 3 is 2.60 bits per heavy atom. The number of amides is 4. The van der Waals surface area contributed by atoms with E-state index in [2.05, 4.69) is 16.0 Å². The molecular formula is C11H19N3O5S. The lowest BCUT2D eigenvalue weighted by Crippen LogP contribution is -2.41. The standard InChI is InChI=1S/C11H19N3O5S/c1-2-3-4-12-11(19)14-9(16)6-20-5-8(10(17)18)13-7-15/h7-8H,2-6H2,1H3,(H,13,15)(H,17,18)(H2,12,14,16,19). The zero-order valence-electron chi connectivity index (χ0n) is 11.2. The second-order valence-electron chi connectivity index (χ2n) is 3.85. The number of carbonyl (C=O) groups excluding carboxylic acids is 3. The number of aliphatic carboxylic acids is 1. The van der Waals surface area contributed by atoms with Crippen LogP contribution in [0.3, 0.4) is 0 Å². The van der Waals surface area contributed by atoms with Gasteiger partial charge in [-0.3, -0.25) is 14.9 Å². The molecule has 0 saturated heterocycles. The number of nitrogens with one attached hydrogen (secondary N) is 3. The van der Waals surface area contributed by atoms with Crippen LogP contribution in [-0.2, 0) is 14.4 Å². The van der Waals surface area contributed by atoms with Gasteiger partial charge in [0, 0.05) is 12.3 Å². The topological polar surface area (TPSA) is 125 Å². The minimum Gasteiger partial charge on any atom is -0.480 e. The highest BCUT2D eigenvalue weighted by atomic mass is 32.2. The quantitative estimate of drug-likeness (QED) is 0.320. The summed E-state index contributed by atoms with van der Waals surface area (Å²) in [7, 11) is 0. The number of thioether (sulfide) groups is 1. The SMILES string of the molecule is CCCCNC(=O)NC(=O)CSCC(NC=O)C(=O)O. The van der Waals surface area contributed by atoms with Crippen molar-refractivity contribution in [2.45, 2.75) is 25.8 Å². The number of unbranched alkanes of at least 4 members (excludes halogenated alkanes) is 1. The molecule has 4 amide bonds. The van der Waals surface area contributed by atoms with E-state index < -0.39 is 23.9 Å². The zero-order chi connectivity index (χ0) is 15.4. The molecule has 0 aliphatic heterocycles. The van der Waals surface area contributed by atoms with Crippen LogP contribution in [0.4, 0.5) is 4.79 Å². The highest BCUT2D eigenvalue weighted by Gasteiger charge is 2.17. The minimum atomic E-state index is -1.18. The molecule has 20 heavy (non-hydrogen) atoms. The first-order chi connectivity index (χ1) is 9.51. The van der Waals surface area contributed by atoms with Crippen molar-refractivity contribution < 1.29 is 24.3 Å². The molecule has 0 aliphatic rings. The molecule has 0 bridgehead atoms. The Labute approximate surface area is 121 Å². The van der Waals surface area contributed by atoms with Crippen LogP contribution >= 0.6 is 11.8 Å². The Morgan fingerprint density at radius 1 is 1.35 bits per heavy atom. The number of rotatable bonds is 10. The Balaban J connectivity index is 3.84. The first kappa shape index (κ1) is 18.2. The molecule has 8 nitrogen and oxygen atoms in total. The van der Waals surface area contributed by atoms with Gasteiger partial charge in [0.15, 0.2) is 0 Å². The molecule has 0 aromatic heterocycles. The molecule has 9 heteroatoms. The number of carboxylic acid groups (broad SMARTS) is 1. The van der Waals surface area contributed by atoms with Crippen LogP contribution in [0.1, 0.15) is 19.8 Å². The summed E-state index contributed by atoms with van der Waals surface area (Å²) in [5.41, 5.74) is 0. The zero-order valence-corrected chi connectivity index (χ0v) is 12.0. The van der Waals surface area contributed by atoms with E-state index in [1.54, 1.807) is 0 Å². The summed E-state index contributed by atoms with van der Waals surface area (Å²) in [6, 6.07) is -1.62. The molecule has 0 spiro atoms. The highest BCUT2D eigenvalue weighted by molar-refractivity contribution is 8.00. The van der Waals surface area contributed by atoms with Crippen LogP contribution in [0.25, 0.3) is 0 Å². The Morgan fingerprint density at radius 2 is 2.05 bits per heavy atom. The molecule has 0 heterocycles. The first-order valence-corrected chi connectivity index (χ1v) is 7.24. The van der Waals surface area contributed by atoms with E-state index in [1.165, 1.54) is 0 Å². The number of hydrogen-bond acceptors (Lipinski definition) is 5. The summed E-state index contributed by atoms with van der Waals surface area (Å²) in [6.07, 6.45) is 2.05. The number of carbonyl (C=O) groups is 4. The van der Waals surface area contributed by atoms with Gasteiger partial charge in [-0.15, -0.1) is 11.8 Å². The van der Waals surface area contributed by atoms with Gasteiger partial charge >= 0.3 is 12.0 Å². The lowest BCUT2D eigenvalue weighted by molar-refractivity contribution is -0.139. The smallest absolute Gasteiger partial charge is 0.327 e. The van der Waals surface area contributed by atoms with Crippen molar-refractivity contribution >= 4 is 36.1 Å². The number of hydrogen-bond donors (Lipinski definition) is 4. The van der Waals surface area contributed by atoms with Crippen molar-refractivity contribution in [3.8, 4) is 0 Å². The van der Waals surface area contributed by atoms with Crippen LogP contribution in [0.5, 0.6) is 0 Å². The minimum absolute atomic E-state index is 0.0406. The number of carboxylic acids is 1. The maximum atomic E-state index is 11.4. The van der Waals surface area contributed by atoms with Crippen molar-refractivity contribution in [2.75, 3.05) is 18.1 Å². The third-order valence-corrected chi connectivity index (χ3v) is 3.19. The lowest BCUT2D eigenvalue weighted by Gasteiger charge is -2.10. The first-order valence-electron chi connectivity index (χ1n) is 6.09. The van der Waals surface area contributed by atoms with E-state index in [0.29, 0.717) is 13.0 Å². The van der Waals surface area contributed by atoms with Crippen LogP contribution in [-0.4, -0.2) is 53.5 Å². The van der Waals surface area contributed by atoms with E-state index in [4.69, 9.17) is 5.11 Å². The molecule has 0 rings (SSSR count). The lowest BCUT2D eigenvalue weighted by atomic mass is 10.3. The van der Waals surface area contributed by atoms with Crippen molar-refractivity contribution in [1.82, 2.24) is 16.0 Å². The Hall–Kier alpha value is -1.77. The summed E-state index contributed by atoms with van der Waals surface area (Å²) in [5, 5.41) is 15.5. The molecule has 1 atom stereocenters. The molecule has 0 aromatic rings. The molecule has 0 aliphatic carbocycles. The van der Waals surface area contributed by atoms with Crippen molar-refractivity contribution in [3.63, 3.8) is 0 Å². The fourth-order valence-electron chi connectivity index (χ4n) is 1.13. The van der Waals surface area contributed by atoms with E-state index in [1.807, 2.05) is 6.92 Å². The van der Waals surface area contributed by atoms with E-state index >= 15 is 0 Å². The van der Waals surface area contributed by atoms with Gasteiger partial charge in [0.05, 0.1) is 5.75 Å². The van der Waals surface area contributed by atoms with Gasteiger partial charge in [0.1, 0.15) is 6.04 Å². The maximum Gasteiger partial charge on any atom is 0.327 e. The second-order valence-corrected chi connectivity index (χ2v) is 4.88. The van der Waals surface area contributed by atoms with Crippen molar-refractivity contribution in [2.24, 2.45) is 0 Å². The molecule has 1 unspecified atom stereocenters. The van der Waals surface area contributed by atoms with Crippen LogP contribution < -0.4 is 16.0 Å².